The molecule has 0 aromatic rings. The minimum Gasteiger partial charge on any atom is -0.225 e. The van der Waals surface area contributed by atoms with Crippen molar-refractivity contribution in [2.45, 2.75) is 19.8 Å². The molecule has 0 aromatic heterocycles. The van der Waals surface area contributed by atoms with Crippen molar-refractivity contribution in [1.82, 2.24) is 0 Å². The van der Waals surface area contributed by atoms with Crippen LogP contribution in [0.4, 0.5) is 0 Å². The molecule has 0 atom stereocenters. The SMILES string of the molecule is C=C1C=C[C-](C)CC1. The Labute approximate surface area is 50.9 Å². The van der Waals surface area contributed by atoms with Crippen LogP contribution in [0.15, 0.2) is 24.3 Å². The Kier molecular flexibility index (Phi) is 1.43. The molecule has 0 bridgehead atoms. The minimum atomic E-state index is 1.16. The highest BCUT2D eigenvalue weighted by molar-refractivity contribution is 5.26. The van der Waals surface area contributed by atoms with Gasteiger partial charge in [-0.3, -0.25) is 0 Å². The Balaban J connectivity index is 2.55. The van der Waals surface area contributed by atoms with Crippen molar-refractivity contribution in [1.29, 1.82) is 0 Å². The lowest BCUT2D eigenvalue weighted by molar-refractivity contribution is 0.853. The van der Waals surface area contributed by atoms with Gasteiger partial charge in [0.25, 0.3) is 0 Å². The summed E-state index contributed by atoms with van der Waals surface area (Å²) >= 11 is 0. The normalized spacial score (nSPS) is 19.6. The van der Waals surface area contributed by atoms with Crippen molar-refractivity contribution in [3.05, 3.63) is 30.2 Å². The second-order valence-corrected chi connectivity index (χ2v) is 2.34. The van der Waals surface area contributed by atoms with Crippen molar-refractivity contribution >= 4 is 0 Å². The van der Waals surface area contributed by atoms with Gasteiger partial charge >= 0.3 is 0 Å². The first-order valence-corrected chi connectivity index (χ1v) is 2.97. The number of rotatable bonds is 0. The molecule has 1 aliphatic carbocycles. The molecule has 0 heteroatoms. The van der Waals surface area contributed by atoms with Gasteiger partial charge < -0.3 is 0 Å². The Morgan fingerprint density at radius 3 is 2.88 bits per heavy atom. The molecule has 0 saturated heterocycles. The summed E-state index contributed by atoms with van der Waals surface area (Å²) in [6.45, 7) is 6.00. The Bertz CT molecular complexity index is 120. The molecule has 0 spiro atoms. The summed E-state index contributed by atoms with van der Waals surface area (Å²) in [4.78, 5) is 0. The molecule has 0 unspecified atom stereocenters. The van der Waals surface area contributed by atoms with E-state index in [-0.39, 0.29) is 0 Å². The van der Waals surface area contributed by atoms with Crippen LogP contribution in [0.1, 0.15) is 19.8 Å². The summed E-state index contributed by atoms with van der Waals surface area (Å²) in [5.74, 6) is 1.47. The maximum absolute atomic E-state index is 3.85. The molecule has 0 aliphatic heterocycles. The maximum Gasteiger partial charge on any atom is -0.0569 e. The van der Waals surface area contributed by atoms with Crippen LogP contribution in [0.2, 0.25) is 0 Å². The highest BCUT2D eigenvalue weighted by Gasteiger charge is 1.92. The zero-order valence-electron chi connectivity index (χ0n) is 5.28. The maximum atomic E-state index is 3.85. The molecular formula is C8H11-. The third kappa shape index (κ3) is 1.16. The van der Waals surface area contributed by atoms with Gasteiger partial charge in [0.05, 0.1) is 0 Å². The summed E-state index contributed by atoms with van der Waals surface area (Å²) in [6, 6.07) is 0. The molecule has 1 rings (SSSR count). The van der Waals surface area contributed by atoms with Gasteiger partial charge in [-0.15, -0.1) is 19.1 Å². The van der Waals surface area contributed by atoms with Crippen molar-refractivity contribution in [2.75, 3.05) is 0 Å². The fraction of sp³-hybridized carbons (Fsp3) is 0.375. The van der Waals surface area contributed by atoms with E-state index < -0.39 is 0 Å². The van der Waals surface area contributed by atoms with Crippen molar-refractivity contribution < 1.29 is 0 Å². The van der Waals surface area contributed by atoms with E-state index in [9.17, 15) is 0 Å². The Morgan fingerprint density at radius 2 is 2.50 bits per heavy atom. The van der Waals surface area contributed by atoms with Crippen molar-refractivity contribution in [2.24, 2.45) is 0 Å². The number of hydrogen-bond acceptors (Lipinski definition) is 0. The van der Waals surface area contributed by atoms with Crippen LogP contribution in [0.5, 0.6) is 0 Å². The summed E-state index contributed by atoms with van der Waals surface area (Å²) in [5.41, 5.74) is 1.26. The van der Waals surface area contributed by atoms with E-state index in [0.29, 0.717) is 0 Å². The first kappa shape index (κ1) is 5.49. The second-order valence-electron chi connectivity index (χ2n) is 2.34. The molecule has 0 nitrogen and oxygen atoms in total. The minimum absolute atomic E-state index is 1.16. The van der Waals surface area contributed by atoms with Gasteiger partial charge in [0.15, 0.2) is 0 Å². The van der Waals surface area contributed by atoms with E-state index in [0.717, 1.165) is 6.42 Å². The van der Waals surface area contributed by atoms with Gasteiger partial charge in [-0.05, 0) is 0 Å². The van der Waals surface area contributed by atoms with Gasteiger partial charge in [0.2, 0.25) is 0 Å². The van der Waals surface area contributed by atoms with E-state index in [1.807, 2.05) is 0 Å². The van der Waals surface area contributed by atoms with E-state index in [1.165, 1.54) is 17.9 Å². The third-order valence-electron chi connectivity index (χ3n) is 1.44. The van der Waals surface area contributed by atoms with E-state index in [4.69, 9.17) is 0 Å². The monoisotopic (exact) mass is 107 g/mol. The lowest BCUT2D eigenvalue weighted by atomic mass is 9.95. The molecule has 0 amide bonds. The summed E-state index contributed by atoms with van der Waals surface area (Å²) in [7, 11) is 0. The predicted octanol–water partition coefficient (Wildman–Crippen LogP) is 2.49. The smallest absolute Gasteiger partial charge is 0.0569 e. The van der Waals surface area contributed by atoms with E-state index in [2.05, 4.69) is 25.7 Å². The molecule has 0 heterocycles. The lowest BCUT2D eigenvalue weighted by Gasteiger charge is -2.21. The molecule has 0 saturated carbocycles. The van der Waals surface area contributed by atoms with E-state index in [1.54, 1.807) is 0 Å². The highest BCUT2D eigenvalue weighted by Crippen LogP contribution is 2.20. The lowest BCUT2D eigenvalue weighted by Crippen LogP contribution is -1.93. The quantitative estimate of drug-likeness (QED) is 0.417. The second kappa shape index (κ2) is 2.08. The van der Waals surface area contributed by atoms with Crippen molar-refractivity contribution in [3.8, 4) is 0 Å². The highest BCUT2D eigenvalue weighted by atomic mass is 14.1. The van der Waals surface area contributed by atoms with Crippen LogP contribution in [0.25, 0.3) is 0 Å². The van der Waals surface area contributed by atoms with Crippen LogP contribution in [-0.4, -0.2) is 0 Å². The van der Waals surface area contributed by atoms with Gasteiger partial charge in [-0.1, -0.05) is 12.8 Å². The van der Waals surface area contributed by atoms with Crippen molar-refractivity contribution in [3.63, 3.8) is 0 Å². The Morgan fingerprint density at radius 1 is 1.75 bits per heavy atom. The van der Waals surface area contributed by atoms with Gasteiger partial charge in [0, 0.05) is 0 Å². The Hall–Kier alpha value is -0.650. The van der Waals surface area contributed by atoms with E-state index >= 15 is 0 Å². The zero-order valence-corrected chi connectivity index (χ0v) is 5.28. The van der Waals surface area contributed by atoms with Crippen LogP contribution in [-0.2, 0) is 0 Å². The first-order valence-electron chi connectivity index (χ1n) is 2.97. The third-order valence-corrected chi connectivity index (χ3v) is 1.44. The average Bonchev–Trinajstić information content (AvgIpc) is 1.77. The molecule has 8 heavy (non-hydrogen) atoms. The molecule has 1 aliphatic rings. The van der Waals surface area contributed by atoms with Gasteiger partial charge in [0.1, 0.15) is 0 Å². The van der Waals surface area contributed by atoms with Crippen LogP contribution in [0, 0.1) is 5.92 Å². The van der Waals surface area contributed by atoms with Crippen LogP contribution in [0.3, 0.4) is 0 Å². The fourth-order valence-electron chi connectivity index (χ4n) is 0.785. The molecule has 0 N–H and O–H groups in total. The largest absolute Gasteiger partial charge is 0.225 e. The first-order chi connectivity index (χ1) is 3.79. The van der Waals surface area contributed by atoms with Gasteiger partial charge in [-0.2, -0.15) is 0 Å². The average molecular weight is 107 g/mol. The summed E-state index contributed by atoms with van der Waals surface area (Å²) in [5, 5.41) is 0. The van der Waals surface area contributed by atoms with Gasteiger partial charge in [-0.25, -0.2) is 18.1 Å². The number of hydrogen-bond donors (Lipinski definition) is 0. The predicted molar refractivity (Wildman–Crippen MR) is 36.4 cm³/mol. The standard InChI is InChI=1S/C8H11/c1-7-3-5-8(2)6-4-7/h3,5H,1,4,6H2,2H3/q-1. The summed E-state index contributed by atoms with van der Waals surface area (Å²) < 4.78 is 0. The van der Waals surface area contributed by atoms with Crippen LogP contribution < -0.4 is 0 Å². The zero-order chi connectivity index (χ0) is 5.98. The topological polar surface area (TPSA) is 0 Å². The molecule has 0 aromatic carbocycles. The summed E-state index contributed by atoms with van der Waals surface area (Å²) in [6.07, 6.45) is 6.60. The van der Waals surface area contributed by atoms with Crippen LogP contribution >= 0.6 is 0 Å². The molecule has 44 valence electrons. The fourth-order valence-corrected chi connectivity index (χ4v) is 0.785. The molecule has 0 radical (unpaired) electrons. The molecule has 0 fully saturated rings. The molecular weight excluding hydrogens is 96.1 g/mol. The number of allylic oxidation sites excluding steroid dienone is 3.